The van der Waals surface area contributed by atoms with E-state index in [1.807, 2.05) is 32.9 Å². The number of nitrogens with one attached hydrogen (secondary N) is 1. The lowest BCUT2D eigenvalue weighted by Crippen LogP contribution is -2.42. The molecule has 2 atom stereocenters. The minimum atomic E-state index is -0.695. The Labute approximate surface area is 228 Å². The minimum absolute atomic E-state index is 0.0102. The molecule has 0 bridgehead atoms. The number of benzene rings is 1. The molecule has 2 rings (SSSR count). The van der Waals surface area contributed by atoms with Gasteiger partial charge >= 0.3 is 0 Å². The van der Waals surface area contributed by atoms with E-state index in [2.05, 4.69) is 76.0 Å². The number of hydrogen-bond acceptors (Lipinski definition) is 4. The number of Topliss-reactive ketones (excluding diaryl/α,β-unsaturated/α-hetero) is 1. The molecule has 4 nitrogen and oxygen atoms in total. The van der Waals surface area contributed by atoms with E-state index in [0.717, 1.165) is 17.7 Å². The number of carbonyl (C=O) groups is 1. The summed E-state index contributed by atoms with van der Waals surface area (Å²) in [4.78, 5) is 11.3. The molecule has 0 spiro atoms. The van der Waals surface area contributed by atoms with Crippen molar-refractivity contribution < 1.29 is 14.3 Å². The molecule has 0 aliphatic carbocycles. The Balaban J connectivity index is 0.000000679. The second-order valence-electron chi connectivity index (χ2n) is 10.2. The maximum absolute atomic E-state index is 11.3. The molecule has 0 amide bonds. The molecular formula is C33H53NO3. The number of methoxy groups -OCH3 is 2. The van der Waals surface area contributed by atoms with Gasteiger partial charge in [0, 0.05) is 38.5 Å². The average Bonchev–Trinajstić information content (AvgIpc) is 3.04. The van der Waals surface area contributed by atoms with Crippen LogP contribution in [0.5, 0.6) is 0 Å². The van der Waals surface area contributed by atoms with Crippen LogP contribution in [0, 0.1) is 30.1 Å². The van der Waals surface area contributed by atoms with Gasteiger partial charge in [-0.2, -0.15) is 0 Å². The van der Waals surface area contributed by atoms with E-state index in [1.165, 1.54) is 38.2 Å². The monoisotopic (exact) mass is 511 g/mol. The summed E-state index contributed by atoms with van der Waals surface area (Å²) in [5.41, 5.74) is 2.70. The van der Waals surface area contributed by atoms with E-state index in [0.29, 0.717) is 23.5 Å². The van der Waals surface area contributed by atoms with Gasteiger partial charge in [0.1, 0.15) is 5.76 Å². The van der Waals surface area contributed by atoms with Crippen molar-refractivity contribution in [1.29, 1.82) is 0 Å². The molecule has 2 unspecified atom stereocenters. The molecule has 208 valence electrons. The summed E-state index contributed by atoms with van der Waals surface area (Å²) in [7, 11) is 3.19. The number of hydrogen-bond donors (Lipinski definition) is 1. The summed E-state index contributed by atoms with van der Waals surface area (Å²) < 4.78 is 10.5. The maximum atomic E-state index is 11.3. The van der Waals surface area contributed by atoms with Crippen LogP contribution in [0.1, 0.15) is 105 Å². The Kier molecular flexibility index (Phi) is 16.6. The van der Waals surface area contributed by atoms with Gasteiger partial charge in [0.15, 0.2) is 11.5 Å². The van der Waals surface area contributed by atoms with Gasteiger partial charge in [-0.3, -0.25) is 4.79 Å². The van der Waals surface area contributed by atoms with Gasteiger partial charge in [-0.15, -0.1) is 0 Å². The van der Waals surface area contributed by atoms with Crippen LogP contribution in [0.3, 0.4) is 0 Å². The summed E-state index contributed by atoms with van der Waals surface area (Å²) in [5, 5.41) is 3.04. The van der Waals surface area contributed by atoms with Crippen molar-refractivity contribution >= 4 is 5.78 Å². The smallest absolute Gasteiger partial charge is 0.175 e. The molecule has 1 aliphatic rings. The number of rotatable bonds is 9. The van der Waals surface area contributed by atoms with Crippen LogP contribution in [0.25, 0.3) is 0 Å². The number of aryl methyl sites for hydroxylation is 1. The molecule has 1 aromatic carbocycles. The van der Waals surface area contributed by atoms with Gasteiger partial charge in [0.2, 0.25) is 0 Å². The third-order valence-electron chi connectivity index (χ3n) is 6.63. The van der Waals surface area contributed by atoms with Gasteiger partial charge in [0.05, 0.1) is 12.8 Å². The van der Waals surface area contributed by atoms with E-state index in [1.54, 1.807) is 14.2 Å². The summed E-state index contributed by atoms with van der Waals surface area (Å²) in [6, 6.07) is 8.48. The van der Waals surface area contributed by atoms with Crippen LogP contribution in [0.2, 0.25) is 0 Å². The number of ketones is 1. The highest BCUT2D eigenvalue weighted by Gasteiger charge is 2.27. The molecule has 0 aromatic heterocycles. The molecule has 37 heavy (non-hydrogen) atoms. The molecule has 1 N–H and O–H groups in total. The Bertz CT molecular complexity index is 932. The van der Waals surface area contributed by atoms with Crippen molar-refractivity contribution in [2.75, 3.05) is 14.2 Å². The third-order valence-corrected chi connectivity index (χ3v) is 6.63. The zero-order valence-electron chi connectivity index (χ0n) is 25.5. The summed E-state index contributed by atoms with van der Waals surface area (Å²) >= 11 is 0. The summed E-state index contributed by atoms with van der Waals surface area (Å²) in [6.07, 6.45) is 10.4. The molecule has 0 fully saturated rings. The van der Waals surface area contributed by atoms with Crippen molar-refractivity contribution in [2.45, 2.75) is 107 Å². The number of allylic oxidation sites excluding steroid dienone is 2. The highest BCUT2D eigenvalue weighted by Crippen LogP contribution is 2.37. The first-order valence-corrected chi connectivity index (χ1v) is 13.9. The lowest BCUT2D eigenvalue weighted by Gasteiger charge is -2.33. The lowest BCUT2D eigenvalue weighted by atomic mass is 9.72. The largest absolute Gasteiger partial charge is 0.501 e. The van der Waals surface area contributed by atoms with E-state index >= 15 is 0 Å². The molecule has 0 saturated heterocycles. The van der Waals surface area contributed by atoms with Gasteiger partial charge in [-0.1, -0.05) is 84.4 Å². The first-order valence-electron chi connectivity index (χ1n) is 13.9. The predicted molar refractivity (Wildman–Crippen MR) is 158 cm³/mol. The topological polar surface area (TPSA) is 47.6 Å². The average molecular weight is 512 g/mol. The second kappa shape index (κ2) is 17.9. The third kappa shape index (κ3) is 13.0. The highest BCUT2D eigenvalue weighted by molar-refractivity contribution is 5.92. The second-order valence-corrected chi connectivity index (χ2v) is 10.2. The number of ether oxygens (including phenoxy) is 2. The van der Waals surface area contributed by atoms with Gasteiger partial charge in [-0.05, 0) is 55.7 Å². The van der Waals surface area contributed by atoms with Crippen LogP contribution >= 0.6 is 0 Å². The summed E-state index contributed by atoms with van der Waals surface area (Å²) in [6.45, 7) is 18.9. The fourth-order valence-electron chi connectivity index (χ4n) is 4.37. The van der Waals surface area contributed by atoms with Crippen LogP contribution in [-0.4, -0.2) is 25.7 Å². The van der Waals surface area contributed by atoms with E-state index < -0.39 is 5.72 Å². The van der Waals surface area contributed by atoms with Crippen molar-refractivity contribution in [3.8, 4) is 11.8 Å². The molecule has 0 saturated carbocycles. The first kappa shape index (κ1) is 34.5. The summed E-state index contributed by atoms with van der Waals surface area (Å²) in [5.74, 6) is 8.25. The number of carbonyl (C=O) groups excluding carboxylic acids is 1. The first-order chi connectivity index (χ1) is 17.5. The standard InChI is InChI=1S/C20H30.C11H17NO3.C2H6/c1-6-10-19(20(4,5)15-7-2)14-9-13-18-12-8-11-17(3)16-18;1-8(13)10-6-5-9(14-3)7-11(2,12-10)15-4;1-2/h8,11-12,16,19H,6-7,10,14-15H2,1-5H3;6-7,12H,5H2,1-4H3;1-2H3. The van der Waals surface area contributed by atoms with E-state index in [-0.39, 0.29) is 5.78 Å². The van der Waals surface area contributed by atoms with Crippen LogP contribution < -0.4 is 5.32 Å². The maximum Gasteiger partial charge on any atom is 0.175 e. The molecule has 0 radical (unpaired) electrons. The highest BCUT2D eigenvalue weighted by atomic mass is 16.5. The van der Waals surface area contributed by atoms with Crippen LogP contribution in [0.4, 0.5) is 0 Å². The predicted octanol–water partition coefficient (Wildman–Crippen LogP) is 8.35. The Morgan fingerprint density at radius 1 is 1.19 bits per heavy atom. The lowest BCUT2D eigenvalue weighted by molar-refractivity contribution is -0.114. The molecule has 1 aliphatic heterocycles. The van der Waals surface area contributed by atoms with Gasteiger partial charge in [-0.25, -0.2) is 0 Å². The zero-order valence-corrected chi connectivity index (χ0v) is 25.5. The quantitative estimate of drug-likeness (QED) is 0.338. The van der Waals surface area contributed by atoms with Crippen molar-refractivity contribution in [2.24, 2.45) is 11.3 Å². The Morgan fingerprint density at radius 2 is 1.86 bits per heavy atom. The Morgan fingerprint density at radius 3 is 2.38 bits per heavy atom. The fraction of sp³-hybridized carbons (Fsp3) is 0.606. The van der Waals surface area contributed by atoms with E-state index in [4.69, 9.17) is 9.47 Å². The minimum Gasteiger partial charge on any atom is -0.501 e. The van der Waals surface area contributed by atoms with Crippen molar-refractivity contribution in [3.05, 3.63) is 59.0 Å². The van der Waals surface area contributed by atoms with Crippen LogP contribution in [-0.2, 0) is 14.3 Å². The Hall–Kier alpha value is -2.51. The van der Waals surface area contributed by atoms with Crippen LogP contribution in [0.15, 0.2) is 47.9 Å². The van der Waals surface area contributed by atoms with E-state index in [9.17, 15) is 4.79 Å². The fourth-order valence-corrected chi connectivity index (χ4v) is 4.37. The molecular weight excluding hydrogens is 458 g/mol. The zero-order chi connectivity index (χ0) is 28.5. The molecule has 4 heteroatoms. The SMILES string of the molecule is CC.CCCC(CC#Cc1cccc(C)c1)C(C)(C)CCC.COC1=CC(C)(OC)NC(C(C)=O)=CC1. The normalized spacial score (nSPS) is 17.5. The molecule has 1 aromatic rings. The van der Waals surface area contributed by atoms with Gasteiger partial charge in [0.25, 0.3) is 0 Å². The van der Waals surface area contributed by atoms with Gasteiger partial charge < -0.3 is 14.8 Å². The van der Waals surface area contributed by atoms with Crippen molar-refractivity contribution in [3.63, 3.8) is 0 Å². The molecule has 1 heterocycles. The van der Waals surface area contributed by atoms with Crippen molar-refractivity contribution in [1.82, 2.24) is 5.32 Å².